The Bertz CT molecular complexity index is 411. The average Bonchev–Trinajstić information content (AvgIpc) is 2.79. The van der Waals surface area contributed by atoms with E-state index < -0.39 is 15.7 Å². The molecule has 0 bridgehead atoms. The minimum Gasteiger partial charge on any atom is -0.386 e. The summed E-state index contributed by atoms with van der Waals surface area (Å²) in [7, 11) is -3.59. The zero-order valence-electron chi connectivity index (χ0n) is 10.3. The largest absolute Gasteiger partial charge is 0.386 e. The molecule has 0 amide bonds. The molecule has 7 nitrogen and oxygen atoms in total. The van der Waals surface area contributed by atoms with Crippen molar-refractivity contribution in [2.45, 2.75) is 31.2 Å². The Morgan fingerprint density at radius 2 is 1.83 bits per heavy atom. The number of nitrogens with zero attached hydrogens (tertiary/aromatic N) is 1. The number of nitrogens with two attached hydrogens (primary N) is 1. The summed E-state index contributed by atoms with van der Waals surface area (Å²) in [6.45, 7) is 1.52. The molecule has 2 rings (SSSR count). The van der Waals surface area contributed by atoms with E-state index in [-0.39, 0.29) is 5.84 Å². The van der Waals surface area contributed by atoms with Gasteiger partial charge in [0.25, 0.3) is 10.2 Å². The Kier molecular flexibility index (Phi) is 3.90. The zero-order chi connectivity index (χ0) is 13.2. The van der Waals surface area contributed by atoms with Crippen LogP contribution in [-0.4, -0.2) is 50.4 Å². The van der Waals surface area contributed by atoms with Crippen LogP contribution < -0.4 is 10.5 Å². The molecular formula is C10H20N4O3S. The van der Waals surface area contributed by atoms with Crippen LogP contribution in [0.4, 0.5) is 0 Å². The third kappa shape index (κ3) is 2.66. The van der Waals surface area contributed by atoms with Crippen LogP contribution in [0.25, 0.3) is 0 Å². The lowest BCUT2D eigenvalue weighted by Gasteiger charge is -2.33. The minimum atomic E-state index is -3.59. The molecule has 1 aliphatic carbocycles. The lowest BCUT2D eigenvalue weighted by Crippen LogP contribution is -2.59. The molecule has 2 aliphatic rings. The molecule has 104 valence electrons. The lowest BCUT2D eigenvalue weighted by atomic mass is 9.98. The van der Waals surface area contributed by atoms with E-state index >= 15 is 0 Å². The molecule has 0 aromatic rings. The van der Waals surface area contributed by atoms with Gasteiger partial charge in [0.2, 0.25) is 0 Å². The minimum absolute atomic E-state index is 0.0863. The highest BCUT2D eigenvalue weighted by atomic mass is 32.2. The predicted molar refractivity (Wildman–Crippen MR) is 67.6 cm³/mol. The average molecular weight is 276 g/mol. The van der Waals surface area contributed by atoms with Crippen LogP contribution >= 0.6 is 0 Å². The van der Waals surface area contributed by atoms with E-state index in [0.29, 0.717) is 39.1 Å². The quantitative estimate of drug-likeness (QED) is 0.470. The lowest BCUT2D eigenvalue weighted by molar-refractivity contribution is 0.0721. The third-order valence-corrected chi connectivity index (χ3v) is 5.30. The summed E-state index contributed by atoms with van der Waals surface area (Å²) < 4.78 is 33.6. The number of nitrogens with one attached hydrogen (secondary N) is 2. The molecular weight excluding hydrogens is 256 g/mol. The van der Waals surface area contributed by atoms with Gasteiger partial charge in [-0.25, -0.2) is 0 Å². The van der Waals surface area contributed by atoms with Gasteiger partial charge in [-0.2, -0.15) is 17.4 Å². The van der Waals surface area contributed by atoms with Crippen LogP contribution in [0, 0.1) is 5.41 Å². The van der Waals surface area contributed by atoms with Crippen LogP contribution in [0.15, 0.2) is 0 Å². The number of hydrogen-bond donors (Lipinski definition) is 3. The molecule has 1 heterocycles. The van der Waals surface area contributed by atoms with Gasteiger partial charge >= 0.3 is 0 Å². The molecule has 2 fully saturated rings. The molecule has 18 heavy (non-hydrogen) atoms. The van der Waals surface area contributed by atoms with Crippen molar-refractivity contribution in [2.75, 3.05) is 26.3 Å². The Balaban J connectivity index is 2.12. The fraction of sp³-hybridized carbons (Fsp3) is 0.900. The van der Waals surface area contributed by atoms with Gasteiger partial charge in [-0.3, -0.25) is 5.41 Å². The number of rotatable bonds is 4. The molecule has 0 atom stereocenters. The second-order valence-electron chi connectivity index (χ2n) is 4.82. The first-order chi connectivity index (χ1) is 8.46. The fourth-order valence-corrected chi connectivity index (χ4v) is 4.07. The van der Waals surface area contributed by atoms with Crippen molar-refractivity contribution in [1.29, 1.82) is 5.41 Å². The first-order valence-corrected chi connectivity index (χ1v) is 7.62. The van der Waals surface area contributed by atoms with E-state index in [0.717, 1.165) is 12.8 Å². The normalized spacial score (nSPS) is 25.1. The molecule has 0 aromatic heterocycles. The molecule has 4 N–H and O–H groups in total. The van der Waals surface area contributed by atoms with Gasteiger partial charge in [0, 0.05) is 13.1 Å². The Morgan fingerprint density at radius 3 is 2.33 bits per heavy atom. The van der Waals surface area contributed by atoms with E-state index in [1.807, 2.05) is 0 Å². The molecule has 8 heteroatoms. The van der Waals surface area contributed by atoms with Gasteiger partial charge in [0.1, 0.15) is 5.84 Å². The number of amidine groups is 1. The Labute approximate surface area is 107 Å². The highest BCUT2D eigenvalue weighted by Gasteiger charge is 2.42. The molecule has 1 saturated carbocycles. The maximum Gasteiger partial charge on any atom is 0.280 e. The maximum absolute atomic E-state index is 12.3. The number of ether oxygens (including phenoxy) is 1. The van der Waals surface area contributed by atoms with Gasteiger partial charge in [0.15, 0.2) is 0 Å². The van der Waals surface area contributed by atoms with E-state index in [2.05, 4.69) is 4.72 Å². The van der Waals surface area contributed by atoms with Crippen molar-refractivity contribution in [3.8, 4) is 0 Å². The molecule has 1 aliphatic heterocycles. The summed E-state index contributed by atoms with van der Waals surface area (Å²) in [6.07, 6.45) is 2.99. The van der Waals surface area contributed by atoms with Crippen molar-refractivity contribution >= 4 is 16.0 Å². The summed E-state index contributed by atoms with van der Waals surface area (Å²) in [5, 5.41) is 7.64. The van der Waals surface area contributed by atoms with Gasteiger partial charge in [-0.05, 0) is 12.8 Å². The summed E-state index contributed by atoms with van der Waals surface area (Å²) >= 11 is 0. The third-order valence-electron chi connectivity index (χ3n) is 3.61. The molecule has 0 radical (unpaired) electrons. The second-order valence-corrected chi connectivity index (χ2v) is 6.49. The standard InChI is InChI=1S/C10H20N4O3S/c11-9(12)10(3-1-2-4-10)13-18(15,16)14-5-7-17-8-6-14/h13H,1-8H2,(H3,11,12). The van der Waals surface area contributed by atoms with E-state index in [9.17, 15) is 8.42 Å². The number of morpholine rings is 1. The van der Waals surface area contributed by atoms with Gasteiger partial charge in [-0.1, -0.05) is 12.8 Å². The number of hydrogen-bond acceptors (Lipinski definition) is 4. The van der Waals surface area contributed by atoms with E-state index in [1.54, 1.807) is 0 Å². The van der Waals surface area contributed by atoms with E-state index in [1.165, 1.54) is 4.31 Å². The van der Waals surface area contributed by atoms with Gasteiger partial charge in [0.05, 0.1) is 18.8 Å². The first kappa shape index (κ1) is 13.7. The van der Waals surface area contributed by atoms with Crippen LogP contribution in [0.3, 0.4) is 0 Å². The van der Waals surface area contributed by atoms with Crippen molar-refractivity contribution in [3.63, 3.8) is 0 Å². The highest BCUT2D eigenvalue weighted by Crippen LogP contribution is 2.30. The Hall–Kier alpha value is -0.700. The van der Waals surface area contributed by atoms with Gasteiger partial charge in [-0.15, -0.1) is 0 Å². The van der Waals surface area contributed by atoms with Crippen molar-refractivity contribution < 1.29 is 13.2 Å². The molecule has 0 unspecified atom stereocenters. The predicted octanol–water partition coefficient (Wildman–Crippen LogP) is -0.598. The molecule has 0 aromatic carbocycles. The van der Waals surface area contributed by atoms with Crippen molar-refractivity contribution in [2.24, 2.45) is 5.73 Å². The van der Waals surface area contributed by atoms with Crippen LogP contribution in [0.1, 0.15) is 25.7 Å². The van der Waals surface area contributed by atoms with Crippen LogP contribution in [-0.2, 0) is 14.9 Å². The summed E-state index contributed by atoms with van der Waals surface area (Å²) in [5.41, 5.74) is 4.70. The SMILES string of the molecule is N=C(N)C1(NS(=O)(=O)N2CCOCC2)CCCC1. The van der Waals surface area contributed by atoms with Gasteiger partial charge < -0.3 is 10.5 Å². The first-order valence-electron chi connectivity index (χ1n) is 6.18. The highest BCUT2D eigenvalue weighted by molar-refractivity contribution is 7.87. The van der Waals surface area contributed by atoms with Crippen LogP contribution in [0.2, 0.25) is 0 Å². The zero-order valence-corrected chi connectivity index (χ0v) is 11.1. The topological polar surface area (TPSA) is 109 Å². The second kappa shape index (κ2) is 5.12. The van der Waals surface area contributed by atoms with Crippen LogP contribution in [0.5, 0.6) is 0 Å². The fourth-order valence-electron chi connectivity index (χ4n) is 2.50. The summed E-state index contributed by atoms with van der Waals surface area (Å²) in [5.74, 6) is -0.0863. The van der Waals surface area contributed by atoms with E-state index in [4.69, 9.17) is 15.9 Å². The molecule has 1 saturated heterocycles. The van der Waals surface area contributed by atoms with Crippen molar-refractivity contribution in [3.05, 3.63) is 0 Å². The molecule has 0 spiro atoms. The summed E-state index contributed by atoms with van der Waals surface area (Å²) in [4.78, 5) is 0. The smallest absolute Gasteiger partial charge is 0.280 e. The maximum atomic E-state index is 12.3. The van der Waals surface area contributed by atoms with Crippen molar-refractivity contribution in [1.82, 2.24) is 9.03 Å². The summed E-state index contributed by atoms with van der Waals surface area (Å²) in [6, 6.07) is 0. The monoisotopic (exact) mass is 276 g/mol. The Morgan fingerprint density at radius 1 is 1.28 bits per heavy atom.